The van der Waals surface area contributed by atoms with Crippen molar-refractivity contribution < 1.29 is 0 Å². The van der Waals surface area contributed by atoms with E-state index in [2.05, 4.69) is 11.0 Å². The van der Waals surface area contributed by atoms with Crippen molar-refractivity contribution in [3.63, 3.8) is 0 Å². The van der Waals surface area contributed by atoms with Crippen LogP contribution in [0.1, 0.15) is 24.2 Å². The molecule has 0 fully saturated rings. The lowest BCUT2D eigenvalue weighted by Gasteiger charge is -2.01. The highest BCUT2D eigenvalue weighted by molar-refractivity contribution is 6.31. The quantitative estimate of drug-likeness (QED) is 0.537. The summed E-state index contributed by atoms with van der Waals surface area (Å²) in [6.07, 6.45) is 6.90. The first-order chi connectivity index (χ1) is 6.16. The van der Waals surface area contributed by atoms with E-state index < -0.39 is 0 Å². The van der Waals surface area contributed by atoms with Crippen LogP contribution in [0, 0.1) is 26.2 Å². The van der Waals surface area contributed by atoms with Gasteiger partial charge in [-0.05, 0) is 20.3 Å². The van der Waals surface area contributed by atoms with E-state index in [1.54, 1.807) is 0 Å². The van der Waals surface area contributed by atoms with Gasteiger partial charge in [0.05, 0.1) is 16.4 Å². The summed E-state index contributed by atoms with van der Waals surface area (Å²) in [6, 6.07) is 0. The van der Waals surface area contributed by atoms with E-state index in [0.717, 1.165) is 35.8 Å². The van der Waals surface area contributed by atoms with Crippen LogP contribution in [0.25, 0.3) is 0 Å². The second-order valence-corrected chi connectivity index (χ2v) is 3.39. The minimum Gasteiger partial charge on any atom is -0.268 e. The van der Waals surface area contributed by atoms with E-state index in [1.807, 2.05) is 18.5 Å². The zero-order valence-electron chi connectivity index (χ0n) is 7.97. The number of aryl methyl sites for hydroxylation is 2. The lowest BCUT2D eigenvalue weighted by molar-refractivity contribution is 0.569. The molecule has 3 heteroatoms. The molecular formula is C10H13ClN2. The summed E-state index contributed by atoms with van der Waals surface area (Å²) in [4.78, 5) is 0. The molecule has 13 heavy (non-hydrogen) atoms. The first-order valence-electron chi connectivity index (χ1n) is 4.29. The van der Waals surface area contributed by atoms with Crippen molar-refractivity contribution in [2.24, 2.45) is 0 Å². The van der Waals surface area contributed by atoms with Crippen molar-refractivity contribution in [3.8, 4) is 12.3 Å². The van der Waals surface area contributed by atoms with Crippen molar-refractivity contribution in [3.05, 3.63) is 16.4 Å². The predicted molar refractivity (Wildman–Crippen MR) is 54.8 cm³/mol. The number of halogens is 1. The van der Waals surface area contributed by atoms with Crippen LogP contribution >= 0.6 is 11.6 Å². The second kappa shape index (κ2) is 4.34. The third kappa shape index (κ3) is 2.26. The van der Waals surface area contributed by atoms with Crippen molar-refractivity contribution in [2.75, 3.05) is 0 Å². The molecule has 0 bridgehead atoms. The molecule has 1 heterocycles. The maximum Gasteiger partial charge on any atom is 0.0844 e. The second-order valence-electron chi connectivity index (χ2n) is 3.02. The fourth-order valence-electron chi connectivity index (χ4n) is 1.22. The standard InChI is InChI=1S/C10H13ClN2/c1-4-5-6-7-13-9(3)10(11)8(2)12-13/h1H,5-7H2,2-3H3. The molecule has 70 valence electrons. The Hall–Kier alpha value is -0.940. The number of rotatable bonds is 3. The van der Waals surface area contributed by atoms with Gasteiger partial charge in [0.1, 0.15) is 0 Å². The molecule has 0 unspecified atom stereocenters. The van der Waals surface area contributed by atoms with E-state index in [9.17, 15) is 0 Å². The molecule has 0 N–H and O–H groups in total. The molecule has 0 aliphatic heterocycles. The van der Waals surface area contributed by atoms with Crippen molar-refractivity contribution in [1.82, 2.24) is 9.78 Å². The summed E-state index contributed by atoms with van der Waals surface area (Å²) in [5.74, 6) is 2.60. The van der Waals surface area contributed by atoms with Gasteiger partial charge < -0.3 is 0 Å². The lowest BCUT2D eigenvalue weighted by atomic mass is 10.3. The lowest BCUT2D eigenvalue weighted by Crippen LogP contribution is -2.02. The molecule has 0 spiro atoms. The average Bonchev–Trinajstić information content (AvgIpc) is 2.34. The number of hydrogen-bond donors (Lipinski definition) is 0. The highest BCUT2D eigenvalue weighted by Crippen LogP contribution is 2.18. The zero-order valence-corrected chi connectivity index (χ0v) is 8.73. The summed E-state index contributed by atoms with van der Waals surface area (Å²) in [5, 5.41) is 5.06. The highest BCUT2D eigenvalue weighted by Gasteiger charge is 2.07. The molecule has 0 aromatic carbocycles. The molecule has 0 saturated carbocycles. The van der Waals surface area contributed by atoms with Crippen LogP contribution in [0.15, 0.2) is 0 Å². The minimum absolute atomic E-state index is 0.765. The Balaban J connectivity index is 2.68. The fraction of sp³-hybridized carbons (Fsp3) is 0.500. The van der Waals surface area contributed by atoms with Crippen molar-refractivity contribution in [1.29, 1.82) is 0 Å². The van der Waals surface area contributed by atoms with Crippen LogP contribution < -0.4 is 0 Å². The van der Waals surface area contributed by atoms with E-state index in [1.165, 1.54) is 0 Å². The largest absolute Gasteiger partial charge is 0.268 e. The monoisotopic (exact) mass is 196 g/mol. The SMILES string of the molecule is C#CCCCn1nc(C)c(Cl)c1C. The Morgan fingerprint density at radius 1 is 1.54 bits per heavy atom. The van der Waals surface area contributed by atoms with Crippen LogP contribution in [0.2, 0.25) is 5.02 Å². The summed E-state index contributed by atoms with van der Waals surface area (Å²) >= 11 is 5.99. The van der Waals surface area contributed by atoms with Crippen LogP contribution in [0.4, 0.5) is 0 Å². The summed E-state index contributed by atoms with van der Waals surface area (Å²) in [7, 11) is 0. The van der Waals surface area contributed by atoms with Gasteiger partial charge in [-0.1, -0.05) is 11.6 Å². The van der Waals surface area contributed by atoms with Gasteiger partial charge in [0.15, 0.2) is 0 Å². The maximum atomic E-state index is 5.99. The molecule has 0 saturated heterocycles. The smallest absolute Gasteiger partial charge is 0.0844 e. The molecule has 2 nitrogen and oxygen atoms in total. The number of nitrogens with zero attached hydrogens (tertiary/aromatic N) is 2. The Bertz CT molecular complexity index is 333. The average molecular weight is 197 g/mol. The molecule has 0 aliphatic carbocycles. The van der Waals surface area contributed by atoms with Gasteiger partial charge in [0.25, 0.3) is 0 Å². The van der Waals surface area contributed by atoms with Gasteiger partial charge in [-0.25, -0.2) is 0 Å². The molecule has 1 aromatic heterocycles. The van der Waals surface area contributed by atoms with Crippen LogP contribution in [0.5, 0.6) is 0 Å². The zero-order chi connectivity index (χ0) is 9.84. The number of unbranched alkanes of at least 4 members (excludes halogenated alkanes) is 1. The summed E-state index contributed by atoms with van der Waals surface area (Å²) < 4.78 is 1.91. The Kier molecular flexibility index (Phi) is 3.39. The first-order valence-corrected chi connectivity index (χ1v) is 4.67. The fourth-order valence-corrected chi connectivity index (χ4v) is 1.36. The molecule has 0 atom stereocenters. The first kappa shape index (κ1) is 10.1. The Morgan fingerprint density at radius 2 is 2.23 bits per heavy atom. The molecule has 0 amide bonds. The molecular weight excluding hydrogens is 184 g/mol. The van der Waals surface area contributed by atoms with Gasteiger partial charge in [-0.15, -0.1) is 12.3 Å². The van der Waals surface area contributed by atoms with Crippen LogP contribution in [0.3, 0.4) is 0 Å². The van der Waals surface area contributed by atoms with E-state index in [-0.39, 0.29) is 0 Å². The topological polar surface area (TPSA) is 17.8 Å². The van der Waals surface area contributed by atoms with Gasteiger partial charge in [-0.2, -0.15) is 5.10 Å². The summed E-state index contributed by atoms with van der Waals surface area (Å²) in [5.41, 5.74) is 1.91. The van der Waals surface area contributed by atoms with Crippen molar-refractivity contribution >= 4 is 11.6 Å². The molecule has 1 rings (SSSR count). The highest BCUT2D eigenvalue weighted by atomic mass is 35.5. The van der Waals surface area contributed by atoms with Gasteiger partial charge in [0.2, 0.25) is 0 Å². The number of terminal acetylenes is 1. The number of aromatic nitrogens is 2. The maximum absolute atomic E-state index is 5.99. The van der Waals surface area contributed by atoms with Gasteiger partial charge in [0, 0.05) is 13.0 Å². The predicted octanol–water partition coefficient (Wildman–Crippen LogP) is 2.57. The normalized spacial score (nSPS) is 10.0. The van der Waals surface area contributed by atoms with E-state index in [0.29, 0.717) is 0 Å². The van der Waals surface area contributed by atoms with Gasteiger partial charge >= 0.3 is 0 Å². The Morgan fingerprint density at radius 3 is 2.69 bits per heavy atom. The Labute approximate surface area is 83.9 Å². The molecule has 0 radical (unpaired) electrons. The van der Waals surface area contributed by atoms with Crippen molar-refractivity contribution in [2.45, 2.75) is 33.2 Å². The van der Waals surface area contributed by atoms with Crippen LogP contribution in [-0.4, -0.2) is 9.78 Å². The van der Waals surface area contributed by atoms with E-state index in [4.69, 9.17) is 18.0 Å². The summed E-state index contributed by atoms with van der Waals surface area (Å²) in [6.45, 7) is 4.73. The van der Waals surface area contributed by atoms with Crippen LogP contribution in [-0.2, 0) is 6.54 Å². The van der Waals surface area contributed by atoms with Gasteiger partial charge in [-0.3, -0.25) is 4.68 Å². The molecule has 1 aromatic rings. The van der Waals surface area contributed by atoms with E-state index >= 15 is 0 Å². The third-order valence-electron chi connectivity index (χ3n) is 1.98. The number of hydrogen-bond acceptors (Lipinski definition) is 1. The minimum atomic E-state index is 0.765. The third-order valence-corrected chi connectivity index (χ3v) is 2.53. The molecule has 0 aliphatic rings.